The Hall–Kier alpha value is -2.49. The molecule has 27 heavy (non-hydrogen) atoms. The molecule has 0 unspecified atom stereocenters. The number of hydrogen-bond acceptors (Lipinski definition) is 4. The van der Waals surface area contributed by atoms with Crippen molar-refractivity contribution >= 4 is 11.5 Å². The molecule has 1 saturated carbocycles. The Kier molecular flexibility index (Phi) is 7.14. The summed E-state index contributed by atoms with van der Waals surface area (Å²) in [6.45, 7) is 0. The summed E-state index contributed by atoms with van der Waals surface area (Å²) in [5, 5.41) is 0. The normalized spacial score (nSPS) is 24.1. The van der Waals surface area contributed by atoms with E-state index in [0.29, 0.717) is 17.3 Å². The van der Waals surface area contributed by atoms with E-state index in [1.54, 1.807) is 0 Å². The van der Waals surface area contributed by atoms with Crippen molar-refractivity contribution in [3.8, 4) is 0 Å². The first-order chi connectivity index (χ1) is 13.3. The minimum absolute atomic E-state index is 0.309. The first-order valence-corrected chi connectivity index (χ1v) is 9.97. The Morgan fingerprint density at radius 1 is 0.963 bits per heavy atom. The predicted molar refractivity (Wildman–Crippen MR) is 108 cm³/mol. The molecule has 4 heteroatoms. The summed E-state index contributed by atoms with van der Waals surface area (Å²) in [6.07, 6.45) is 25.3. The zero-order valence-electron chi connectivity index (χ0n) is 16.1. The molecule has 2 aliphatic rings. The van der Waals surface area contributed by atoms with E-state index in [-0.39, 0.29) is 0 Å². The van der Waals surface area contributed by atoms with E-state index >= 15 is 0 Å². The van der Waals surface area contributed by atoms with Gasteiger partial charge >= 0.3 is 5.97 Å². The maximum atomic E-state index is 12.4. The molecule has 1 aromatic rings. The molecule has 0 aliphatic heterocycles. The van der Waals surface area contributed by atoms with Crippen molar-refractivity contribution in [3.63, 3.8) is 0 Å². The number of methoxy groups -OCH3 is 1. The molecule has 0 radical (unpaired) electrons. The van der Waals surface area contributed by atoms with Crippen LogP contribution in [-0.2, 0) is 4.74 Å². The number of hydrogen-bond donors (Lipinski definition) is 0. The van der Waals surface area contributed by atoms with Crippen LogP contribution in [0.4, 0.5) is 0 Å². The van der Waals surface area contributed by atoms with Crippen molar-refractivity contribution in [2.45, 2.75) is 57.3 Å². The number of ether oxygens (including phenoxy) is 1. The summed E-state index contributed by atoms with van der Waals surface area (Å²) in [4.78, 5) is 21.8. The number of aromatic nitrogens is 2. The van der Waals surface area contributed by atoms with E-state index in [1.807, 2.05) is 48.7 Å². The van der Waals surface area contributed by atoms with Gasteiger partial charge in [-0.05, 0) is 12.8 Å². The van der Waals surface area contributed by atoms with E-state index < -0.39 is 5.97 Å². The number of carbonyl (C=O) groups is 1. The van der Waals surface area contributed by atoms with Crippen LogP contribution in [0.1, 0.15) is 79.2 Å². The van der Waals surface area contributed by atoms with Crippen LogP contribution in [0.5, 0.6) is 0 Å². The number of rotatable bonds is 3. The maximum absolute atomic E-state index is 12.4. The van der Waals surface area contributed by atoms with Crippen molar-refractivity contribution in [2.24, 2.45) is 0 Å². The number of carbonyl (C=O) groups excluding carboxylic acids is 1. The second-order valence-corrected chi connectivity index (χ2v) is 7.13. The summed E-state index contributed by atoms with van der Waals surface area (Å²) in [7, 11) is 1.39. The van der Waals surface area contributed by atoms with Crippen molar-refractivity contribution in [2.75, 3.05) is 7.11 Å². The van der Waals surface area contributed by atoms with E-state index in [9.17, 15) is 4.79 Å². The fraction of sp³-hybridized carbons (Fsp3) is 0.435. The van der Waals surface area contributed by atoms with Crippen LogP contribution in [0.3, 0.4) is 0 Å². The number of esters is 1. The standard InChI is InChI=1S/C23H28N2O2/c1-27-23(26)22-21(19-15-11-7-4-8-12-16-19)24-17-20(25-22)18-13-9-5-2-3-6-10-14-18/h4,7-8,11-12,15-18H,2-3,5-6,9-10,13-14H2,1H3/b7-4-,8-4?,11-7?,12-8-,15-11-,16-12?,19-15?,19-16+. The van der Waals surface area contributed by atoms with Crippen molar-refractivity contribution in [1.82, 2.24) is 9.97 Å². The highest BCUT2D eigenvalue weighted by Gasteiger charge is 2.22. The molecule has 0 amide bonds. The lowest BCUT2D eigenvalue weighted by molar-refractivity contribution is 0.0592. The topological polar surface area (TPSA) is 52.1 Å². The zero-order chi connectivity index (χ0) is 18.9. The molecule has 0 N–H and O–H groups in total. The molecule has 3 rings (SSSR count). The molecule has 0 saturated heterocycles. The van der Waals surface area contributed by atoms with Gasteiger partial charge in [0.05, 0.1) is 12.8 Å². The maximum Gasteiger partial charge on any atom is 0.358 e. The minimum atomic E-state index is -0.432. The Labute approximate surface area is 161 Å². The van der Waals surface area contributed by atoms with Gasteiger partial charge in [-0.2, -0.15) is 0 Å². The molecular weight excluding hydrogens is 336 g/mol. The van der Waals surface area contributed by atoms with E-state index in [2.05, 4.69) is 4.98 Å². The van der Waals surface area contributed by atoms with Crippen LogP contribution in [-0.4, -0.2) is 23.0 Å². The lowest BCUT2D eigenvalue weighted by atomic mass is 9.93. The van der Waals surface area contributed by atoms with Gasteiger partial charge in [0.2, 0.25) is 0 Å². The van der Waals surface area contributed by atoms with Gasteiger partial charge in [0, 0.05) is 17.7 Å². The van der Waals surface area contributed by atoms with Gasteiger partial charge in [0.15, 0.2) is 5.69 Å². The van der Waals surface area contributed by atoms with Crippen LogP contribution in [0.15, 0.2) is 48.7 Å². The quantitative estimate of drug-likeness (QED) is 0.660. The van der Waals surface area contributed by atoms with Gasteiger partial charge in [-0.1, -0.05) is 81.1 Å². The van der Waals surface area contributed by atoms with Crippen LogP contribution >= 0.6 is 0 Å². The second-order valence-electron chi connectivity index (χ2n) is 7.13. The van der Waals surface area contributed by atoms with Crippen LogP contribution in [0.2, 0.25) is 0 Å². The van der Waals surface area contributed by atoms with Gasteiger partial charge in [0.25, 0.3) is 0 Å². The first-order valence-electron chi connectivity index (χ1n) is 9.97. The summed E-state index contributed by atoms with van der Waals surface area (Å²) in [6, 6.07) is 0. The molecule has 1 fully saturated rings. The van der Waals surface area contributed by atoms with Crippen LogP contribution in [0.25, 0.3) is 5.57 Å². The highest BCUT2D eigenvalue weighted by molar-refractivity contribution is 5.94. The Bertz CT molecular complexity index is 765. The molecule has 1 aromatic heterocycles. The fourth-order valence-corrected chi connectivity index (χ4v) is 3.70. The van der Waals surface area contributed by atoms with Gasteiger partial charge in [-0.25, -0.2) is 9.78 Å². The van der Waals surface area contributed by atoms with Crippen LogP contribution < -0.4 is 0 Å². The monoisotopic (exact) mass is 364 g/mol. The summed E-state index contributed by atoms with van der Waals surface area (Å²) in [5.41, 5.74) is 2.66. The largest absolute Gasteiger partial charge is 0.464 e. The third-order valence-electron chi connectivity index (χ3n) is 5.21. The molecule has 0 bridgehead atoms. The number of nitrogens with zero attached hydrogens (tertiary/aromatic N) is 2. The Morgan fingerprint density at radius 2 is 1.63 bits per heavy atom. The van der Waals surface area contributed by atoms with Gasteiger partial charge in [0.1, 0.15) is 5.69 Å². The fourth-order valence-electron chi connectivity index (χ4n) is 3.70. The van der Waals surface area contributed by atoms with Crippen molar-refractivity contribution < 1.29 is 9.53 Å². The Balaban J connectivity index is 1.95. The summed E-state index contributed by atoms with van der Waals surface area (Å²) in [5.74, 6) is -0.0592. The average molecular weight is 364 g/mol. The molecule has 0 atom stereocenters. The molecule has 4 nitrogen and oxygen atoms in total. The van der Waals surface area contributed by atoms with E-state index in [0.717, 1.165) is 24.1 Å². The van der Waals surface area contributed by atoms with Crippen molar-refractivity contribution in [3.05, 3.63) is 65.8 Å². The van der Waals surface area contributed by atoms with Crippen LogP contribution in [0, 0.1) is 0 Å². The summed E-state index contributed by atoms with van der Waals surface area (Å²) >= 11 is 0. The second kappa shape index (κ2) is 10.0. The van der Waals surface area contributed by atoms with E-state index in [4.69, 9.17) is 9.72 Å². The molecule has 1 heterocycles. The molecule has 0 aromatic carbocycles. The predicted octanol–water partition coefficient (Wildman–Crippen LogP) is 5.55. The lowest BCUT2D eigenvalue weighted by Crippen LogP contribution is -2.14. The third kappa shape index (κ3) is 5.25. The highest BCUT2D eigenvalue weighted by atomic mass is 16.5. The minimum Gasteiger partial charge on any atom is -0.464 e. The molecular formula is C23H28N2O2. The summed E-state index contributed by atoms with van der Waals surface area (Å²) < 4.78 is 5.01. The van der Waals surface area contributed by atoms with Gasteiger partial charge in [-0.3, -0.25) is 4.98 Å². The zero-order valence-corrected chi connectivity index (χ0v) is 16.1. The molecule has 0 spiro atoms. The molecule has 142 valence electrons. The van der Waals surface area contributed by atoms with Gasteiger partial charge < -0.3 is 4.74 Å². The van der Waals surface area contributed by atoms with Gasteiger partial charge in [-0.15, -0.1) is 0 Å². The third-order valence-corrected chi connectivity index (χ3v) is 5.21. The smallest absolute Gasteiger partial charge is 0.358 e. The van der Waals surface area contributed by atoms with E-state index in [1.165, 1.54) is 45.6 Å². The lowest BCUT2D eigenvalue weighted by Gasteiger charge is -2.17. The SMILES string of the molecule is COC(=O)c1nc(C2CCCCCCCC2)cnc1C1=C/C=C\C=C/C=C\1. The number of allylic oxidation sites excluding steroid dienone is 8. The van der Waals surface area contributed by atoms with Crippen molar-refractivity contribution in [1.29, 1.82) is 0 Å². The average Bonchev–Trinajstić information content (AvgIpc) is 2.81. The highest BCUT2D eigenvalue weighted by Crippen LogP contribution is 2.30. The Morgan fingerprint density at radius 3 is 2.37 bits per heavy atom. The molecule has 2 aliphatic carbocycles. The first kappa shape index (κ1) is 19.3.